The van der Waals surface area contributed by atoms with E-state index in [1.54, 1.807) is 48.5 Å². The smallest absolute Gasteiger partial charge is 0.326 e. The van der Waals surface area contributed by atoms with E-state index in [0.717, 1.165) is 45.9 Å². The van der Waals surface area contributed by atoms with Gasteiger partial charge in [0.1, 0.15) is 60.5 Å². The van der Waals surface area contributed by atoms with Crippen LogP contribution in [0.25, 0.3) is 11.1 Å². The molecule has 2 atom stereocenters. The van der Waals surface area contributed by atoms with Gasteiger partial charge < -0.3 is 39.4 Å². The molecule has 0 aliphatic carbocycles. The van der Waals surface area contributed by atoms with E-state index in [9.17, 15) is 46.9 Å². The summed E-state index contributed by atoms with van der Waals surface area (Å²) in [5.74, 6) is -1.43. The highest BCUT2D eigenvalue weighted by atomic mass is 35.5. The van der Waals surface area contributed by atoms with Crippen LogP contribution >= 0.6 is 50.2 Å². The number of aliphatic hydroxyl groups is 2. The van der Waals surface area contributed by atoms with Gasteiger partial charge in [-0.1, -0.05) is 83.9 Å². The standard InChI is InChI=1S/C54H58Cl2N2O14S2.2H2S/c1-33-37(29-71-49-23-47(69-27-35-11-7-15-41(19-35)73(5,65)66)39(21-45(49)55)25-57-53(3,31-59)51(61)62)13-9-17-43(33)44-18-10-14-38(34(44)2)30-72-50-24-48(70-28-36-12-8-16-42(20-36)74(6,67)68)40(22-46(50)56)26-58-54(4,32-60)52(63)64;;/h7-24,57-60H,25-32H2,1-6H3,(H,61,62)(H,63,64);2*1H2/t53-,54-;;/m0../s1. The van der Waals surface area contributed by atoms with Crippen molar-refractivity contribution in [1.29, 1.82) is 0 Å². The number of halogens is 2. The van der Waals surface area contributed by atoms with Crippen LogP contribution < -0.4 is 29.6 Å². The van der Waals surface area contributed by atoms with Gasteiger partial charge in [0.2, 0.25) is 0 Å². The molecular weight excluding hydrogens is 1100 g/mol. The second-order valence-corrected chi connectivity index (χ2v) is 23.1. The van der Waals surface area contributed by atoms with Crippen LogP contribution in [0.15, 0.2) is 119 Å². The summed E-state index contributed by atoms with van der Waals surface area (Å²) in [6.07, 6.45) is 2.22. The van der Waals surface area contributed by atoms with E-state index in [1.807, 2.05) is 50.2 Å². The van der Waals surface area contributed by atoms with Gasteiger partial charge in [0.25, 0.3) is 0 Å². The minimum atomic E-state index is -3.49. The summed E-state index contributed by atoms with van der Waals surface area (Å²) < 4.78 is 74.1. The van der Waals surface area contributed by atoms with Crippen LogP contribution in [0, 0.1) is 13.8 Å². The molecule has 76 heavy (non-hydrogen) atoms. The molecule has 0 amide bonds. The number of hydrogen-bond donors (Lipinski definition) is 6. The van der Waals surface area contributed by atoms with E-state index in [2.05, 4.69) is 10.6 Å². The van der Waals surface area contributed by atoms with Crippen molar-refractivity contribution in [1.82, 2.24) is 10.6 Å². The Morgan fingerprint density at radius 1 is 0.513 bits per heavy atom. The summed E-state index contributed by atoms with van der Waals surface area (Å²) in [7, 11) is -6.98. The van der Waals surface area contributed by atoms with Gasteiger partial charge in [0.15, 0.2) is 19.7 Å². The number of nitrogens with one attached hydrogen (secondary N) is 2. The Morgan fingerprint density at radius 2 is 0.855 bits per heavy atom. The topological polar surface area (TPSA) is 244 Å². The van der Waals surface area contributed by atoms with Crippen LogP contribution in [0.5, 0.6) is 23.0 Å². The molecule has 6 aromatic carbocycles. The van der Waals surface area contributed by atoms with E-state index in [4.69, 9.17) is 42.1 Å². The van der Waals surface area contributed by atoms with E-state index in [0.29, 0.717) is 22.3 Å². The third-order valence-electron chi connectivity index (χ3n) is 12.5. The first-order valence-electron chi connectivity index (χ1n) is 23.0. The molecule has 0 radical (unpaired) electrons. The van der Waals surface area contributed by atoms with E-state index in [-0.39, 0.29) is 109 Å². The fourth-order valence-electron chi connectivity index (χ4n) is 7.53. The minimum Gasteiger partial charge on any atom is -0.488 e. The lowest BCUT2D eigenvalue weighted by Crippen LogP contribution is -2.52. The van der Waals surface area contributed by atoms with Gasteiger partial charge in [-0.2, -0.15) is 27.0 Å². The molecule has 0 saturated heterocycles. The molecule has 0 heterocycles. The number of carboxylic acids is 2. The lowest BCUT2D eigenvalue weighted by Gasteiger charge is -2.25. The van der Waals surface area contributed by atoms with E-state index < -0.39 is 55.9 Å². The first-order chi connectivity index (χ1) is 34.8. The summed E-state index contributed by atoms with van der Waals surface area (Å²) in [6, 6.07) is 30.6. The second kappa shape index (κ2) is 26.7. The lowest BCUT2D eigenvalue weighted by molar-refractivity contribution is -0.146. The van der Waals surface area contributed by atoms with E-state index >= 15 is 0 Å². The number of rotatable bonds is 25. The summed E-state index contributed by atoms with van der Waals surface area (Å²) in [6.45, 7) is 5.21. The predicted molar refractivity (Wildman–Crippen MR) is 301 cm³/mol. The Bertz CT molecular complexity index is 3070. The third-order valence-corrected chi connectivity index (χ3v) is 15.3. The molecule has 22 heteroatoms. The number of hydrogen-bond acceptors (Lipinski definition) is 14. The van der Waals surface area contributed by atoms with Gasteiger partial charge in [-0.25, -0.2) is 16.8 Å². The fourth-order valence-corrected chi connectivity index (χ4v) is 9.39. The zero-order chi connectivity index (χ0) is 54.2. The average molecular weight is 1160 g/mol. The lowest BCUT2D eigenvalue weighted by atomic mass is 9.92. The van der Waals surface area contributed by atoms with Gasteiger partial charge >= 0.3 is 11.9 Å². The summed E-state index contributed by atoms with van der Waals surface area (Å²) >= 11 is 13.6. The molecule has 0 unspecified atom stereocenters. The van der Waals surface area contributed by atoms with Gasteiger partial charge in [0, 0.05) is 48.9 Å². The van der Waals surface area contributed by atoms with Crippen LogP contribution in [-0.2, 0) is 68.8 Å². The first kappa shape index (κ1) is 63.0. The molecular formula is C54H62Cl2N2O14S4. The third kappa shape index (κ3) is 15.8. The van der Waals surface area contributed by atoms with Crippen LogP contribution in [0.3, 0.4) is 0 Å². The maximum absolute atomic E-state index is 12.2. The Kier molecular flexibility index (Phi) is 22.1. The number of benzene rings is 6. The monoisotopic (exact) mass is 1160 g/mol. The number of sulfone groups is 2. The predicted octanol–water partition coefficient (Wildman–Crippen LogP) is 8.48. The number of aliphatic carboxylic acids is 2. The molecule has 6 N–H and O–H groups in total. The summed E-state index contributed by atoms with van der Waals surface area (Å²) in [5.41, 5.74) is 4.05. The summed E-state index contributed by atoms with van der Waals surface area (Å²) in [4.78, 5) is 24.2. The largest absolute Gasteiger partial charge is 0.488 e. The molecule has 410 valence electrons. The molecule has 0 aliphatic heterocycles. The van der Waals surface area contributed by atoms with Crippen molar-refractivity contribution in [2.75, 3.05) is 25.7 Å². The highest BCUT2D eigenvalue weighted by Gasteiger charge is 2.33. The fraction of sp³-hybridized carbons (Fsp3) is 0.296. The van der Waals surface area contributed by atoms with Crippen molar-refractivity contribution in [2.45, 2.75) is 88.1 Å². The second-order valence-electron chi connectivity index (χ2n) is 18.3. The number of carbonyl (C=O) groups is 2. The highest BCUT2D eigenvalue weighted by Crippen LogP contribution is 2.38. The van der Waals surface area contributed by atoms with Gasteiger partial charge in [-0.05, 0) is 109 Å². The quantitative estimate of drug-likeness (QED) is 0.0315. The Hall–Kier alpha value is -5.52. The van der Waals surface area contributed by atoms with E-state index in [1.165, 1.54) is 38.1 Å². The van der Waals surface area contributed by atoms with Crippen LogP contribution in [-0.4, -0.2) is 86.0 Å². The molecule has 6 aromatic rings. The van der Waals surface area contributed by atoms with Crippen molar-refractivity contribution in [3.05, 3.63) is 164 Å². The zero-order valence-corrected chi connectivity index (χ0v) is 47.6. The Balaban J connectivity index is 0.00000624. The van der Waals surface area contributed by atoms with Crippen LogP contribution in [0.1, 0.15) is 58.4 Å². The molecule has 16 nitrogen and oxygen atoms in total. The zero-order valence-electron chi connectivity index (χ0n) is 42.5. The van der Waals surface area contributed by atoms with Crippen LogP contribution in [0.4, 0.5) is 0 Å². The maximum Gasteiger partial charge on any atom is 0.326 e. The molecule has 0 aliphatic rings. The van der Waals surface area contributed by atoms with Gasteiger partial charge in [-0.15, -0.1) is 0 Å². The number of carboxylic acid groups (broad SMARTS) is 2. The van der Waals surface area contributed by atoms with Crippen molar-refractivity contribution >= 4 is 81.8 Å². The Morgan fingerprint density at radius 3 is 1.18 bits per heavy atom. The normalized spacial score (nSPS) is 13.0. The van der Waals surface area contributed by atoms with Crippen molar-refractivity contribution in [3.8, 4) is 34.1 Å². The molecule has 6 rings (SSSR count). The molecule has 0 bridgehead atoms. The van der Waals surface area contributed by atoms with Crippen molar-refractivity contribution < 1.29 is 65.8 Å². The molecule has 0 spiro atoms. The number of ether oxygens (including phenoxy) is 4. The van der Waals surface area contributed by atoms with Crippen molar-refractivity contribution in [2.24, 2.45) is 0 Å². The van der Waals surface area contributed by atoms with Crippen molar-refractivity contribution in [3.63, 3.8) is 0 Å². The van der Waals surface area contributed by atoms with Crippen LogP contribution in [0.2, 0.25) is 10.0 Å². The maximum atomic E-state index is 12.2. The molecule has 0 saturated carbocycles. The average Bonchev–Trinajstić information content (AvgIpc) is 3.36. The Labute approximate surface area is 467 Å². The highest BCUT2D eigenvalue weighted by molar-refractivity contribution is 7.91. The minimum absolute atomic E-state index is 0. The van der Waals surface area contributed by atoms with Gasteiger partial charge in [0.05, 0.1) is 33.0 Å². The molecule has 0 fully saturated rings. The SMILES string of the molecule is Cc1c(COc2cc(OCc3cccc(S(C)(=O)=O)c3)c(CN[C@@](C)(CO)C(=O)O)cc2Cl)cccc1-c1cccc(COc2cc(OCc3cccc(S(C)(=O)=O)c3)c(CN[C@@](C)(CO)C(=O)O)cc2Cl)c1C.S.S. The summed E-state index contributed by atoms with van der Waals surface area (Å²) in [5, 5.41) is 45.4. The first-order valence-corrected chi connectivity index (χ1v) is 27.5. The number of aliphatic hydroxyl groups excluding tert-OH is 2. The van der Waals surface area contributed by atoms with Gasteiger partial charge in [-0.3, -0.25) is 20.2 Å². The molecule has 0 aromatic heterocycles.